The fraction of sp³-hybridized carbons (Fsp3) is 0.833. The summed E-state index contributed by atoms with van der Waals surface area (Å²) in [6.45, 7) is 4.07. The summed E-state index contributed by atoms with van der Waals surface area (Å²) in [5, 5.41) is 21.2. The molecular formula is C12H20O4-2. The molecule has 0 spiro atoms. The van der Waals surface area contributed by atoms with Gasteiger partial charge in [-0.15, -0.1) is 0 Å². The van der Waals surface area contributed by atoms with Gasteiger partial charge in [0, 0.05) is 17.9 Å². The number of unbranched alkanes of at least 4 members (excludes halogenated alkanes) is 1. The SMILES string of the molecule is CCCCC(CC)CC(CC(=O)[O-])C(=O)[O-]. The number of hydrogen-bond donors (Lipinski definition) is 0. The molecule has 0 heterocycles. The molecule has 2 atom stereocenters. The second-order valence-corrected chi connectivity index (χ2v) is 4.24. The van der Waals surface area contributed by atoms with Gasteiger partial charge in [0.15, 0.2) is 0 Å². The monoisotopic (exact) mass is 228 g/mol. The van der Waals surface area contributed by atoms with Crippen LogP contribution in [-0.4, -0.2) is 11.9 Å². The lowest BCUT2D eigenvalue weighted by atomic mass is 9.87. The molecule has 0 rings (SSSR count). The number of hydrogen-bond acceptors (Lipinski definition) is 4. The van der Waals surface area contributed by atoms with E-state index in [1.807, 2.05) is 6.92 Å². The van der Waals surface area contributed by atoms with Crippen molar-refractivity contribution in [1.82, 2.24) is 0 Å². The van der Waals surface area contributed by atoms with Gasteiger partial charge < -0.3 is 19.8 Å². The van der Waals surface area contributed by atoms with Crippen LogP contribution in [0.25, 0.3) is 0 Å². The van der Waals surface area contributed by atoms with Crippen molar-refractivity contribution in [3.63, 3.8) is 0 Å². The number of carboxylic acids is 2. The van der Waals surface area contributed by atoms with Gasteiger partial charge in [-0.05, 0) is 18.8 Å². The third-order valence-corrected chi connectivity index (χ3v) is 2.91. The van der Waals surface area contributed by atoms with E-state index in [0.29, 0.717) is 6.42 Å². The van der Waals surface area contributed by atoms with Crippen molar-refractivity contribution in [3.8, 4) is 0 Å². The molecule has 0 aliphatic carbocycles. The second-order valence-electron chi connectivity index (χ2n) is 4.24. The van der Waals surface area contributed by atoms with Crippen molar-refractivity contribution >= 4 is 11.9 Å². The molecule has 4 nitrogen and oxygen atoms in total. The topological polar surface area (TPSA) is 80.3 Å². The van der Waals surface area contributed by atoms with Crippen LogP contribution >= 0.6 is 0 Å². The van der Waals surface area contributed by atoms with Crippen molar-refractivity contribution in [2.75, 3.05) is 0 Å². The molecule has 2 unspecified atom stereocenters. The molecule has 94 valence electrons. The minimum Gasteiger partial charge on any atom is -0.550 e. The van der Waals surface area contributed by atoms with E-state index in [1.165, 1.54) is 0 Å². The molecule has 0 saturated carbocycles. The Morgan fingerprint density at radius 3 is 2.19 bits per heavy atom. The average Bonchev–Trinajstić information content (AvgIpc) is 2.21. The van der Waals surface area contributed by atoms with Gasteiger partial charge in [-0.2, -0.15) is 0 Å². The molecule has 4 heteroatoms. The van der Waals surface area contributed by atoms with Gasteiger partial charge >= 0.3 is 0 Å². The lowest BCUT2D eigenvalue weighted by Gasteiger charge is -2.23. The van der Waals surface area contributed by atoms with Crippen LogP contribution in [0.2, 0.25) is 0 Å². The van der Waals surface area contributed by atoms with Crippen LogP contribution in [-0.2, 0) is 9.59 Å². The molecule has 0 bridgehead atoms. The minimum atomic E-state index is -1.32. The van der Waals surface area contributed by atoms with Gasteiger partial charge in [-0.25, -0.2) is 0 Å². The van der Waals surface area contributed by atoms with Gasteiger partial charge in [0.1, 0.15) is 0 Å². The Labute approximate surface area is 96.7 Å². The first-order valence-electron chi connectivity index (χ1n) is 5.91. The van der Waals surface area contributed by atoms with Gasteiger partial charge in [0.05, 0.1) is 0 Å². The summed E-state index contributed by atoms with van der Waals surface area (Å²) in [6, 6.07) is 0. The Balaban J connectivity index is 4.22. The molecule has 0 aromatic carbocycles. The summed E-state index contributed by atoms with van der Waals surface area (Å²) < 4.78 is 0. The molecular weight excluding hydrogens is 208 g/mol. The number of carbonyl (C=O) groups excluding carboxylic acids is 2. The maximum atomic E-state index is 10.8. The van der Waals surface area contributed by atoms with E-state index in [-0.39, 0.29) is 5.92 Å². The molecule has 0 aliphatic rings. The molecule has 0 amide bonds. The lowest BCUT2D eigenvalue weighted by Crippen LogP contribution is -2.37. The molecule has 0 aromatic rings. The fourth-order valence-corrected chi connectivity index (χ4v) is 1.85. The Hall–Kier alpha value is -1.06. The van der Waals surface area contributed by atoms with Crippen molar-refractivity contribution in [1.29, 1.82) is 0 Å². The largest absolute Gasteiger partial charge is 0.550 e. The van der Waals surface area contributed by atoms with Gasteiger partial charge in [-0.1, -0.05) is 39.5 Å². The van der Waals surface area contributed by atoms with Crippen LogP contribution in [0.15, 0.2) is 0 Å². The maximum Gasteiger partial charge on any atom is 0.0449 e. The Kier molecular flexibility index (Phi) is 7.60. The van der Waals surface area contributed by atoms with Crippen LogP contribution in [0.1, 0.15) is 52.4 Å². The van der Waals surface area contributed by atoms with E-state index in [1.54, 1.807) is 0 Å². The third kappa shape index (κ3) is 6.43. The van der Waals surface area contributed by atoms with Crippen LogP contribution < -0.4 is 10.2 Å². The summed E-state index contributed by atoms with van der Waals surface area (Å²) in [5.74, 6) is -3.24. The fourth-order valence-electron chi connectivity index (χ4n) is 1.85. The number of aliphatic carboxylic acids is 2. The zero-order chi connectivity index (χ0) is 12.6. The van der Waals surface area contributed by atoms with Crippen molar-refractivity contribution in [3.05, 3.63) is 0 Å². The summed E-state index contributed by atoms with van der Waals surface area (Å²) in [4.78, 5) is 21.2. The van der Waals surface area contributed by atoms with Gasteiger partial charge in [0.25, 0.3) is 0 Å². The van der Waals surface area contributed by atoms with E-state index >= 15 is 0 Å². The Bertz CT molecular complexity index is 225. The number of rotatable bonds is 9. The summed E-state index contributed by atoms with van der Waals surface area (Å²) >= 11 is 0. The zero-order valence-electron chi connectivity index (χ0n) is 10.0. The standard InChI is InChI=1S/C12H22O4/c1-3-5-6-9(4-2)7-10(12(15)16)8-11(13)14/h9-10H,3-8H2,1-2H3,(H,13,14)(H,15,16)/p-2. The van der Waals surface area contributed by atoms with Crippen molar-refractivity contribution in [2.45, 2.75) is 52.4 Å². The minimum absolute atomic E-state index is 0.266. The second kappa shape index (κ2) is 8.13. The van der Waals surface area contributed by atoms with Crippen molar-refractivity contribution in [2.24, 2.45) is 11.8 Å². The lowest BCUT2D eigenvalue weighted by molar-refractivity contribution is -0.321. The molecule has 16 heavy (non-hydrogen) atoms. The van der Waals surface area contributed by atoms with Crippen molar-refractivity contribution < 1.29 is 19.8 Å². The third-order valence-electron chi connectivity index (χ3n) is 2.91. The van der Waals surface area contributed by atoms with E-state index < -0.39 is 24.3 Å². The summed E-state index contributed by atoms with van der Waals surface area (Å²) in [7, 11) is 0. The zero-order valence-corrected chi connectivity index (χ0v) is 10.0. The highest BCUT2D eigenvalue weighted by molar-refractivity contribution is 5.75. The first-order valence-corrected chi connectivity index (χ1v) is 5.91. The van der Waals surface area contributed by atoms with Crippen LogP contribution in [0.3, 0.4) is 0 Å². The smallest absolute Gasteiger partial charge is 0.0449 e. The molecule has 0 radical (unpaired) electrons. The van der Waals surface area contributed by atoms with E-state index in [2.05, 4.69) is 6.92 Å². The number of carboxylic acid groups (broad SMARTS) is 2. The van der Waals surface area contributed by atoms with E-state index in [0.717, 1.165) is 25.7 Å². The average molecular weight is 228 g/mol. The highest BCUT2D eigenvalue weighted by Crippen LogP contribution is 2.23. The number of carbonyl (C=O) groups is 2. The highest BCUT2D eigenvalue weighted by Gasteiger charge is 2.16. The summed E-state index contributed by atoms with van der Waals surface area (Å²) in [5.41, 5.74) is 0. The molecule has 0 N–H and O–H groups in total. The first kappa shape index (κ1) is 14.9. The predicted molar refractivity (Wildman–Crippen MR) is 56.0 cm³/mol. The molecule has 0 fully saturated rings. The van der Waals surface area contributed by atoms with E-state index in [4.69, 9.17) is 0 Å². The van der Waals surface area contributed by atoms with Crippen LogP contribution in [0.5, 0.6) is 0 Å². The van der Waals surface area contributed by atoms with Gasteiger partial charge in [0.2, 0.25) is 0 Å². The maximum absolute atomic E-state index is 10.8. The summed E-state index contributed by atoms with van der Waals surface area (Å²) in [6.07, 6.45) is 3.87. The van der Waals surface area contributed by atoms with Crippen LogP contribution in [0, 0.1) is 11.8 Å². The normalized spacial score (nSPS) is 14.4. The Morgan fingerprint density at radius 2 is 1.81 bits per heavy atom. The van der Waals surface area contributed by atoms with Gasteiger partial charge in [-0.3, -0.25) is 0 Å². The van der Waals surface area contributed by atoms with E-state index in [9.17, 15) is 19.8 Å². The highest BCUT2D eigenvalue weighted by atomic mass is 16.4. The Morgan fingerprint density at radius 1 is 1.19 bits per heavy atom. The molecule has 0 aromatic heterocycles. The predicted octanol–water partition coefficient (Wildman–Crippen LogP) is 0.0990. The molecule has 0 saturated heterocycles. The quantitative estimate of drug-likeness (QED) is 0.560. The van der Waals surface area contributed by atoms with Crippen LogP contribution in [0.4, 0.5) is 0 Å². The first-order chi connectivity index (χ1) is 7.51. The molecule has 0 aliphatic heterocycles.